The van der Waals surface area contributed by atoms with Crippen LogP contribution < -0.4 is 10.9 Å². The number of aromatic amines is 1. The number of hydrogen-bond acceptors (Lipinski definition) is 6. The highest BCUT2D eigenvalue weighted by Crippen LogP contribution is 2.28. The Hall–Kier alpha value is -3.34. The number of amides is 2. The highest BCUT2D eigenvalue weighted by molar-refractivity contribution is 5.99. The quantitative estimate of drug-likeness (QED) is 0.511. The van der Waals surface area contributed by atoms with E-state index in [4.69, 9.17) is 0 Å². The fourth-order valence-electron chi connectivity index (χ4n) is 3.48. The molecule has 33 heavy (non-hydrogen) atoms. The van der Waals surface area contributed by atoms with E-state index in [-0.39, 0.29) is 35.3 Å². The summed E-state index contributed by atoms with van der Waals surface area (Å²) in [7, 11) is 3.25. The molecule has 178 valence electrons. The standard InChI is InChI=1S/C21H27N7O4.ClH/c1-21(2,3)10-27-14-8-13(16-12(9-22-24-16)18(30)26(4)5)25-28(14)20(32)15(19(27)31)17(29)23-11-6-7-11;/h8-9,11,31H,6-7,10H2,1-5H3,(H,22,24)(H,23,29);1H. The van der Waals surface area contributed by atoms with Gasteiger partial charge in [-0.25, -0.2) is 0 Å². The van der Waals surface area contributed by atoms with Crippen molar-refractivity contribution in [3.05, 3.63) is 33.7 Å². The smallest absolute Gasteiger partial charge is 0.291 e. The first-order chi connectivity index (χ1) is 15.0. The number of carbonyl (C=O) groups excluding carboxylic acids is 2. The Labute approximate surface area is 196 Å². The maximum absolute atomic E-state index is 13.2. The summed E-state index contributed by atoms with van der Waals surface area (Å²) in [6, 6.07) is 1.61. The normalized spacial score (nSPS) is 13.6. The van der Waals surface area contributed by atoms with E-state index in [1.165, 1.54) is 15.7 Å². The average Bonchev–Trinajstić information content (AvgIpc) is 3.20. The lowest BCUT2D eigenvalue weighted by Crippen LogP contribution is -2.35. The third-order valence-electron chi connectivity index (χ3n) is 5.16. The number of aromatic hydroxyl groups is 1. The number of aromatic nitrogens is 5. The zero-order valence-electron chi connectivity index (χ0n) is 19.2. The minimum absolute atomic E-state index is 0. The molecule has 0 aromatic carbocycles. The van der Waals surface area contributed by atoms with E-state index in [0.29, 0.717) is 29.1 Å². The molecule has 3 N–H and O–H groups in total. The minimum atomic E-state index is -0.730. The monoisotopic (exact) mass is 477 g/mol. The summed E-state index contributed by atoms with van der Waals surface area (Å²) >= 11 is 0. The second kappa shape index (κ2) is 8.54. The Bertz CT molecular complexity index is 1280. The molecule has 1 aliphatic carbocycles. The van der Waals surface area contributed by atoms with E-state index in [1.54, 1.807) is 20.2 Å². The third-order valence-corrected chi connectivity index (χ3v) is 5.16. The SMILES string of the molecule is CN(C)C(=O)c1cn[nH]c1-c1cc2n(CC(C)(C)C)c(O)c(C(=O)NC3CC3)c(=O)n2n1.Cl. The molecule has 3 heterocycles. The Morgan fingerprint density at radius 1 is 1.30 bits per heavy atom. The number of nitrogens with zero attached hydrogens (tertiary/aromatic N) is 5. The fourth-order valence-corrected chi connectivity index (χ4v) is 3.48. The predicted octanol–water partition coefficient (Wildman–Crippen LogP) is 1.65. The Balaban J connectivity index is 0.00000306. The summed E-state index contributed by atoms with van der Waals surface area (Å²) in [6.07, 6.45) is 3.09. The van der Waals surface area contributed by atoms with Gasteiger partial charge >= 0.3 is 0 Å². The van der Waals surface area contributed by atoms with Gasteiger partial charge in [0.1, 0.15) is 11.3 Å². The summed E-state index contributed by atoms with van der Waals surface area (Å²) in [5.74, 6) is -1.30. The van der Waals surface area contributed by atoms with Gasteiger partial charge in [0.25, 0.3) is 17.4 Å². The second-order valence-corrected chi connectivity index (χ2v) is 9.56. The number of halogens is 1. The molecule has 3 aromatic rings. The molecular weight excluding hydrogens is 450 g/mol. The molecule has 0 bridgehead atoms. The van der Waals surface area contributed by atoms with Crippen LogP contribution in [-0.4, -0.2) is 66.3 Å². The van der Waals surface area contributed by atoms with E-state index in [9.17, 15) is 19.5 Å². The van der Waals surface area contributed by atoms with Gasteiger partial charge in [0, 0.05) is 32.7 Å². The van der Waals surface area contributed by atoms with Crippen LogP contribution in [0.15, 0.2) is 17.1 Å². The molecule has 0 unspecified atom stereocenters. The predicted molar refractivity (Wildman–Crippen MR) is 124 cm³/mol. The molecule has 1 fully saturated rings. The highest BCUT2D eigenvalue weighted by Gasteiger charge is 2.31. The first-order valence-electron chi connectivity index (χ1n) is 10.4. The summed E-state index contributed by atoms with van der Waals surface area (Å²) in [6.45, 7) is 6.25. The van der Waals surface area contributed by atoms with Crippen LogP contribution in [0.4, 0.5) is 0 Å². The largest absolute Gasteiger partial charge is 0.494 e. The van der Waals surface area contributed by atoms with E-state index in [1.807, 2.05) is 20.8 Å². The van der Waals surface area contributed by atoms with E-state index < -0.39 is 17.3 Å². The topological polar surface area (TPSA) is 138 Å². The van der Waals surface area contributed by atoms with Crippen molar-refractivity contribution in [2.24, 2.45) is 5.41 Å². The Morgan fingerprint density at radius 2 is 1.97 bits per heavy atom. The van der Waals surface area contributed by atoms with Gasteiger partial charge in [-0.2, -0.15) is 14.7 Å². The van der Waals surface area contributed by atoms with Crippen LogP contribution in [0.1, 0.15) is 54.3 Å². The summed E-state index contributed by atoms with van der Waals surface area (Å²) < 4.78 is 2.59. The molecule has 0 spiro atoms. The van der Waals surface area contributed by atoms with Crippen molar-refractivity contribution < 1.29 is 14.7 Å². The number of H-pyrrole nitrogens is 1. The number of carbonyl (C=O) groups is 2. The van der Waals surface area contributed by atoms with Gasteiger partial charge < -0.3 is 15.3 Å². The van der Waals surface area contributed by atoms with Crippen molar-refractivity contribution in [1.29, 1.82) is 0 Å². The zero-order valence-corrected chi connectivity index (χ0v) is 20.0. The van der Waals surface area contributed by atoms with Crippen LogP contribution in [0.2, 0.25) is 0 Å². The fraction of sp³-hybridized carbons (Fsp3) is 0.476. The minimum Gasteiger partial charge on any atom is -0.494 e. The van der Waals surface area contributed by atoms with Crippen LogP contribution in [0, 0.1) is 5.41 Å². The Kier molecular flexibility index (Phi) is 6.29. The van der Waals surface area contributed by atoms with Crippen molar-refractivity contribution >= 4 is 29.9 Å². The summed E-state index contributed by atoms with van der Waals surface area (Å²) in [5, 5.41) is 24.8. The summed E-state index contributed by atoms with van der Waals surface area (Å²) in [4.78, 5) is 39.9. The lowest BCUT2D eigenvalue weighted by atomic mass is 9.96. The first kappa shape index (κ1) is 24.3. The lowest BCUT2D eigenvalue weighted by Gasteiger charge is -2.23. The number of hydrogen-bond donors (Lipinski definition) is 3. The van der Waals surface area contributed by atoms with Crippen molar-refractivity contribution in [3.8, 4) is 17.3 Å². The van der Waals surface area contributed by atoms with Gasteiger partial charge in [-0.15, -0.1) is 12.4 Å². The van der Waals surface area contributed by atoms with E-state index >= 15 is 0 Å². The lowest BCUT2D eigenvalue weighted by molar-refractivity contribution is 0.0828. The molecule has 4 rings (SSSR count). The number of rotatable bonds is 5. The molecule has 0 radical (unpaired) electrons. The van der Waals surface area contributed by atoms with Gasteiger partial charge in [0.05, 0.1) is 17.5 Å². The molecular formula is C21H28ClN7O4. The zero-order chi connectivity index (χ0) is 23.4. The number of fused-ring (bicyclic) bond motifs is 1. The molecule has 12 heteroatoms. The molecule has 1 saturated carbocycles. The van der Waals surface area contributed by atoms with Crippen LogP contribution in [0.25, 0.3) is 17.0 Å². The average molecular weight is 478 g/mol. The van der Waals surface area contributed by atoms with Gasteiger partial charge in [0.2, 0.25) is 5.88 Å². The maximum atomic E-state index is 13.2. The van der Waals surface area contributed by atoms with Crippen LogP contribution >= 0.6 is 12.4 Å². The van der Waals surface area contributed by atoms with Crippen molar-refractivity contribution in [2.45, 2.75) is 46.2 Å². The van der Waals surface area contributed by atoms with Gasteiger partial charge in [-0.3, -0.25) is 24.0 Å². The Morgan fingerprint density at radius 3 is 2.55 bits per heavy atom. The van der Waals surface area contributed by atoms with Gasteiger partial charge in [0.15, 0.2) is 5.56 Å². The van der Waals surface area contributed by atoms with Crippen LogP contribution in [-0.2, 0) is 6.54 Å². The van der Waals surface area contributed by atoms with E-state index in [0.717, 1.165) is 17.4 Å². The van der Waals surface area contributed by atoms with Crippen molar-refractivity contribution in [3.63, 3.8) is 0 Å². The molecule has 0 saturated heterocycles. The highest BCUT2D eigenvalue weighted by atomic mass is 35.5. The molecule has 1 aliphatic rings. The molecule has 0 aliphatic heterocycles. The van der Waals surface area contributed by atoms with Crippen molar-refractivity contribution in [1.82, 2.24) is 34.6 Å². The third kappa shape index (κ3) is 4.58. The molecule has 11 nitrogen and oxygen atoms in total. The van der Waals surface area contributed by atoms with Gasteiger partial charge in [-0.1, -0.05) is 20.8 Å². The number of nitrogens with one attached hydrogen (secondary N) is 2. The van der Waals surface area contributed by atoms with Crippen LogP contribution in [0.5, 0.6) is 5.88 Å². The molecule has 0 atom stereocenters. The van der Waals surface area contributed by atoms with Crippen molar-refractivity contribution in [2.75, 3.05) is 14.1 Å². The van der Waals surface area contributed by atoms with E-state index in [2.05, 4.69) is 20.6 Å². The second-order valence-electron chi connectivity index (χ2n) is 9.56. The first-order valence-corrected chi connectivity index (χ1v) is 10.4. The van der Waals surface area contributed by atoms with Gasteiger partial charge in [-0.05, 0) is 18.3 Å². The molecule has 3 aromatic heterocycles. The molecule has 2 amide bonds. The van der Waals surface area contributed by atoms with Crippen LogP contribution in [0.3, 0.4) is 0 Å². The maximum Gasteiger partial charge on any atom is 0.291 e. The summed E-state index contributed by atoms with van der Waals surface area (Å²) in [5.41, 5.74) is -0.113.